The predicted molar refractivity (Wildman–Crippen MR) is 197 cm³/mol. The Morgan fingerprint density at radius 1 is 0.667 bits per heavy atom. The van der Waals surface area contributed by atoms with Gasteiger partial charge in [-0.1, -0.05) is 90.9 Å². The molecule has 9 heteroatoms. The molecule has 0 aliphatic rings. The first-order valence-corrected chi connectivity index (χ1v) is 19.7. The first kappa shape index (κ1) is 46.3. The molecule has 0 bridgehead atoms. The van der Waals surface area contributed by atoms with Gasteiger partial charge in [0.25, 0.3) is 0 Å². The fraction of sp³-hybridized carbons (Fsp3) is 0.923. The van der Waals surface area contributed by atoms with Crippen LogP contribution in [-0.2, 0) is 28.5 Å². The second-order valence-corrected chi connectivity index (χ2v) is 14.2. The smallest absolute Gasteiger partial charge is 0.407 e. The summed E-state index contributed by atoms with van der Waals surface area (Å²) < 4.78 is 22.1. The van der Waals surface area contributed by atoms with E-state index >= 15 is 0 Å². The summed E-state index contributed by atoms with van der Waals surface area (Å²) in [5.41, 5.74) is -0.514. The van der Waals surface area contributed by atoms with Crippen LogP contribution in [0.1, 0.15) is 163 Å². The van der Waals surface area contributed by atoms with Gasteiger partial charge in [-0.25, -0.2) is 4.79 Å². The van der Waals surface area contributed by atoms with E-state index in [9.17, 15) is 14.4 Å². The molecule has 0 radical (unpaired) electrons. The summed E-state index contributed by atoms with van der Waals surface area (Å²) in [5.74, 6) is 0.727. The van der Waals surface area contributed by atoms with Gasteiger partial charge in [0.05, 0.1) is 33.0 Å². The van der Waals surface area contributed by atoms with Crippen molar-refractivity contribution in [3.05, 3.63) is 0 Å². The third-order valence-electron chi connectivity index (χ3n) is 8.44. The van der Waals surface area contributed by atoms with E-state index in [2.05, 4.69) is 24.1 Å². The van der Waals surface area contributed by atoms with Crippen molar-refractivity contribution in [2.75, 3.05) is 59.2 Å². The number of esters is 1. The van der Waals surface area contributed by atoms with Crippen LogP contribution in [0.2, 0.25) is 0 Å². The standard InChI is InChI=1S/C39H76N2O7/c1-6-8-10-15-22-36(23-16-11-9-7-2)24-21-31-47-37(43)25-17-14-19-28-41(27-18-12-13-20-30-42)29-33-46-35-34-45-32-26-40-38(44)48-39(3,4)5/h30,36H,6-29,31-35H2,1-5H3,(H,40,44). The highest BCUT2D eigenvalue weighted by Crippen LogP contribution is 2.23. The zero-order chi connectivity index (χ0) is 35.6. The molecule has 0 aromatic heterocycles. The van der Waals surface area contributed by atoms with Crippen molar-refractivity contribution < 1.29 is 33.3 Å². The Morgan fingerprint density at radius 2 is 1.25 bits per heavy atom. The lowest BCUT2D eigenvalue weighted by Crippen LogP contribution is -2.34. The molecule has 0 aliphatic heterocycles. The summed E-state index contributed by atoms with van der Waals surface area (Å²) in [6, 6.07) is 0. The predicted octanol–water partition coefficient (Wildman–Crippen LogP) is 9.05. The second-order valence-electron chi connectivity index (χ2n) is 14.2. The van der Waals surface area contributed by atoms with Crippen LogP contribution < -0.4 is 5.32 Å². The number of carbonyl (C=O) groups excluding carboxylic acids is 3. The summed E-state index contributed by atoms with van der Waals surface area (Å²) in [5, 5.41) is 2.68. The number of aldehydes is 1. The van der Waals surface area contributed by atoms with Crippen molar-refractivity contribution >= 4 is 18.3 Å². The second kappa shape index (κ2) is 33.8. The van der Waals surface area contributed by atoms with Gasteiger partial charge in [-0.2, -0.15) is 0 Å². The molecule has 0 heterocycles. The largest absolute Gasteiger partial charge is 0.466 e. The van der Waals surface area contributed by atoms with Crippen LogP contribution in [0.3, 0.4) is 0 Å². The molecule has 1 amide bonds. The summed E-state index contributed by atoms with van der Waals surface area (Å²) in [7, 11) is 0. The summed E-state index contributed by atoms with van der Waals surface area (Å²) in [6.45, 7) is 15.8. The zero-order valence-electron chi connectivity index (χ0n) is 32.0. The maximum Gasteiger partial charge on any atom is 0.407 e. The van der Waals surface area contributed by atoms with Crippen LogP contribution >= 0.6 is 0 Å². The highest BCUT2D eigenvalue weighted by atomic mass is 16.6. The normalized spacial score (nSPS) is 11.7. The van der Waals surface area contributed by atoms with Crippen LogP contribution in [0.4, 0.5) is 4.79 Å². The monoisotopic (exact) mass is 685 g/mol. The van der Waals surface area contributed by atoms with Gasteiger partial charge < -0.3 is 34.0 Å². The number of rotatable bonds is 35. The molecule has 0 rings (SSSR count). The molecule has 0 aliphatic carbocycles. The Bertz CT molecular complexity index is 732. The molecule has 284 valence electrons. The average Bonchev–Trinajstić information content (AvgIpc) is 3.04. The fourth-order valence-corrected chi connectivity index (χ4v) is 5.69. The van der Waals surface area contributed by atoms with Crippen molar-refractivity contribution in [2.45, 2.75) is 169 Å². The number of hydrogen-bond acceptors (Lipinski definition) is 8. The highest BCUT2D eigenvalue weighted by Gasteiger charge is 2.15. The third kappa shape index (κ3) is 34.2. The number of ether oxygens (including phenoxy) is 4. The number of hydrogen-bond donors (Lipinski definition) is 1. The van der Waals surface area contributed by atoms with E-state index in [0.717, 1.165) is 76.8 Å². The zero-order valence-corrected chi connectivity index (χ0v) is 32.0. The molecule has 1 N–H and O–H groups in total. The summed E-state index contributed by atoms with van der Waals surface area (Å²) in [4.78, 5) is 37.1. The maximum absolute atomic E-state index is 12.4. The van der Waals surface area contributed by atoms with E-state index in [0.29, 0.717) is 52.4 Å². The Balaban J connectivity index is 4.15. The minimum Gasteiger partial charge on any atom is -0.466 e. The number of carbonyl (C=O) groups is 3. The van der Waals surface area contributed by atoms with Crippen LogP contribution in [0.5, 0.6) is 0 Å². The molecule has 0 aromatic rings. The van der Waals surface area contributed by atoms with Crippen LogP contribution in [-0.4, -0.2) is 88.1 Å². The lowest BCUT2D eigenvalue weighted by Gasteiger charge is -2.22. The number of nitrogens with one attached hydrogen (secondary N) is 1. The van der Waals surface area contributed by atoms with E-state index in [1.165, 1.54) is 70.6 Å². The molecule has 0 saturated carbocycles. The van der Waals surface area contributed by atoms with E-state index in [-0.39, 0.29) is 5.97 Å². The topological polar surface area (TPSA) is 103 Å². The molecule has 0 saturated heterocycles. The third-order valence-corrected chi connectivity index (χ3v) is 8.44. The van der Waals surface area contributed by atoms with E-state index < -0.39 is 11.7 Å². The van der Waals surface area contributed by atoms with E-state index in [1.54, 1.807) is 0 Å². The molecule has 0 aromatic carbocycles. The first-order chi connectivity index (χ1) is 23.2. The van der Waals surface area contributed by atoms with Crippen LogP contribution in [0.15, 0.2) is 0 Å². The minimum absolute atomic E-state index is 0.0549. The van der Waals surface area contributed by atoms with Crippen molar-refractivity contribution in [3.8, 4) is 0 Å². The maximum atomic E-state index is 12.4. The van der Waals surface area contributed by atoms with Crippen molar-refractivity contribution in [3.63, 3.8) is 0 Å². The quantitative estimate of drug-likeness (QED) is 0.0401. The van der Waals surface area contributed by atoms with Crippen LogP contribution in [0, 0.1) is 5.92 Å². The average molecular weight is 685 g/mol. The van der Waals surface area contributed by atoms with Crippen molar-refractivity contribution in [1.82, 2.24) is 10.2 Å². The van der Waals surface area contributed by atoms with Crippen molar-refractivity contribution in [2.24, 2.45) is 5.92 Å². The SMILES string of the molecule is CCCCCCC(CCCCCC)CCCOC(=O)CCCCCN(CCCCCC=O)CCOCCOCCNC(=O)OC(C)(C)C. The Labute approximate surface area is 295 Å². The molecule has 9 nitrogen and oxygen atoms in total. The molecular weight excluding hydrogens is 608 g/mol. The number of amides is 1. The Hall–Kier alpha value is -1.71. The van der Waals surface area contributed by atoms with Gasteiger partial charge >= 0.3 is 12.1 Å². The molecule has 0 atom stereocenters. The summed E-state index contributed by atoms with van der Waals surface area (Å²) in [6.07, 6.45) is 23.1. The van der Waals surface area contributed by atoms with Gasteiger partial charge in [0, 0.05) is 25.9 Å². The van der Waals surface area contributed by atoms with Gasteiger partial charge in [-0.05, 0) is 78.3 Å². The molecule has 48 heavy (non-hydrogen) atoms. The number of unbranched alkanes of at least 4 members (excludes halogenated alkanes) is 11. The number of alkyl carbamates (subject to hydrolysis) is 1. The minimum atomic E-state index is -0.514. The Kier molecular flexibility index (Phi) is 32.6. The van der Waals surface area contributed by atoms with Gasteiger partial charge in [0.1, 0.15) is 11.9 Å². The number of nitrogens with zero attached hydrogens (tertiary/aromatic N) is 1. The van der Waals surface area contributed by atoms with Gasteiger partial charge in [-0.15, -0.1) is 0 Å². The molecule has 0 fully saturated rings. The fourth-order valence-electron chi connectivity index (χ4n) is 5.69. The molecule has 0 unspecified atom stereocenters. The van der Waals surface area contributed by atoms with Crippen molar-refractivity contribution in [1.29, 1.82) is 0 Å². The Morgan fingerprint density at radius 3 is 1.85 bits per heavy atom. The first-order valence-electron chi connectivity index (χ1n) is 19.7. The van der Waals surface area contributed by atoms with Gasteiger partial charge in [0.15, 0.2) is 0 Å². The van der Waals surface area contributed by atoms with E-state index in [4.69, 9.17) is 18.9 Å². The van der Waals surface area contributed by atoms with E-state index in [1.807, 2.05) is 20.8 Å². The lowest BCUT2D eigenvalue weighted by atomic mass is 9.91. The molecule has 0 spiro atoms. The van der Waals surface area contributed by atoms with Crippen LogP contribution in [0.25, 0.3) is 0 Å². The van der Waals surface area contributed by atoms with Gasteiger partial charge in [0.2, 0.25) is 0 Å². The molecular formula is C39H76N2O7. The van der Waals surface area contributed by atoms with Gasteiger partial charge in [-0.3, -0.25) is 4.79 Å². The lowest BCUT2D eigenvalue weighted by molar-refractivity contribution is -0.144. The highest BCUT2D eigenvalue weighted by molar-refractivity contribution is 5.69. The summed E-state index contributed by atoms with van der Waals surface area (Å²) >= 11 is 0.